The van der Waals surface area contributed by atoms with Crippen molar-refractivity contribution < 1.29 is 19.4 Å². The van der Waals surface area contributed by atoms with E-state index in [4.69, 9.17) is 4.42 Å². The first-order valence-electron chi connectivity index (χ1n) is 13.4. The van der Waals surface area contributed by atoms with E-state index in [1.54, 1.807) is 6.26 Å². The Hall–Kier alpha value is -1.33. The zero-order chi connectivity index (χ0) is 23.4. The Morgan fingerprint density at radius 1 is 1.12 bits per heavy atom. The molecule has 0 bridgehead atoms. The van der Waals surface area contributed by atoms with Gasteiger partial charge in [0.2, 0.25) is 5.91 Å². The highest BCUT2D eigenvalue weighted by Crippen LogP contribution is 2.68. The van der Waals surface area contributed by atoms with Crippen LogP contribution in [0.1, 0.15) is 84.3 Å². The monoisotopic (exact) mass is 457 g/mol. The third kappa shape index (κ3) is 3.97. The van der Waals surface area contributed by atoms with E-state index >= 15 is 0 Å². The van der Waals surface area contributed by atoms with E-state index in [-0.39, 0.29) is 28.9 Å². The fourth-order valence-corrected chi connectivity index (χ4v) is 9.28. The summed E-state index contributed by atoms with van der Waals surface area (Å²) in [6, 6.07) is 3.73. The van der Waals surface area contributed by atoms with Crippen LogP contribution in [0, 0.1) is 46.3 Å². The van der Waals surface area contributed by atoms with Crippen LogP contribution < -0.4 is 5.32 Å². The molecule has 33 heavy (non-hydrogen) atoms. The number of aliphatic hydroxyl groups excluding tert-OH is 2. The molecule has 4 aliphatic carbocycles. The van der Waals surface area contributed by atoms with Gasteiger partial charge < -0.3 is 19.9 Å². The predicted molar refractivity (Wildman–Crippen MR) is 127 cm³/mol. The molecule has 0 aromatic carbocycles. The van der Waals surface area contributed by atoms with Gasteiger partial charge in [-0.3, -0.25) is 4.79 Å². The highest BCUT2D eigenvalue weighted by atomic mass is 16.3. The zero-order valence-corrected chi connectivity index (χ0v) is 20.6. The number of furan rings is 1. The van der Waals surface area contributed by atoms with E-state index in [2.05, 4.69) is 26.1 Å². The first-order chi connectivity index (χ1) is 15.7. The van der Waals surface area contributed by atoms with Gasteiger partial charge in [0, 0.05) is 6.42 Å². The Labute approximate surface area is 198 Å². The number of hydrogen-bond acceptors (Lipinski definition) is 4. The lowest BCUT2D eigenvalue weighted by molar-refractivity contribution is -0.174. The van der Waals surface area contributed by atoms with E-state index in [0.29, 0.717) is 48.5 Å². The minimum Gasteiger partial charge on any atom is -0.467 e. The topological polar surface area (TPSA) is 82.7 Å². The van der Waals surface area contributed by atoms with Crippen LogP contribution in [0.15, 0.2) is 22.8 Å². The van der Waals surface area contributed by atoms with Crippen LogP contribution >= 0.6 is 0 Å². The summed E-state index contributed by atoms with van der Waals surface area (Å²) in [6.07, 6.45) is 10.3. The maximum Gasteiger partial charge on any atom is 0.220 e. The van der Waals surface area contributed by atoms with Crippen molar-refractivity contribution in [2.24, 2.45) is 46.3 Å². The molecule has 5 heteroatoms. The highest BCUT2D eigenvalue weighted by molar-refractivity contribution is 5.76. The average Bonchev–Trinajstić information content (AvgIpc) is 3.41. The maximum atomic E-state index is 12.7. The van der Waals surface area contributed by atoms with Gasteiger partial charge in [-0.25, -0.2) is 0 Å². The number of amides is 1. The minimum absolute atomic E-state index is 0.105. The van der Waals surface area contributed by atoms with E-state index in [1.165, 1.54) is 25.7 Å². The molecule has 3 N–H and O–H groups in total. The molecule has 1 heterocycles. The summed E-state index contributed by atoms with van der Waals surface area (Å²) in [5.41, 5.74) is 0.472. The van der Waals surface area contributed by atoms with E-state index in [1.807, 2.05) is 12.1 Å². The van der Waals surface area contributed by atoms with E-state index < -0.39 is 0 Å². The predicted octanol–water partition coefficient (Wildman–Crippen LogP) is 4.91. The molecule has 0 aliphatic heterocycles. The van der Waals surface area contributed by atoms with Crippen molar-refractivity contribution in [2.45, 2.75) is 97.3 Å². The summed E-state index contributed by atoms with van der Waals surface area (Å²) in [6.45, 7) is 7.64. The standard InChI is InChI=1S/C28H43NO4/c1-17(13-25(32)29-16-20-5-4-12-33-20)21-6-7-22-26-23(9-11-28(21,22)3)27(2)10-8-19(30)14-18(27)15-24(26)31/h4-5,12,17-19,21-24,26,30-31H,6-11,13-16H2,1-3H3,(H,29,32)/t17-,18+,19-,21?,22+,23+,24-,26+,27+,28-/m1/s1. The molecule has 1 amide bonds. The largest absolute Gasteiger partial charge is 0.467 e. The van der Waals surface area contributed by atoms with Gasteiger partial charge in [0.1, 0.15) is 5.76 Å². The van der Waals surface area contributed by atoms with E-state index in [0.717, 1.165) is 31.4 Å². The van der Waals surface area contributed by atoms with Crippen molar-refractivity contribution >= 4 is 5.91 Å². The Kier molecular flexibility index (Phi) is 6.18. The Morgan fingerprint density at radius 2 is 1.88 bits per heavy atom. The number of rotatable bonds is 5. The van der Waals surface area contributed by atoms with Gasteiger partial charge in [0.05, 0.1) is 25.0 Å². The zero-order valence-electron chi connectivity index (χ0n) is 20.6. The van der Waals surface area contributed by atoms with Crippen LogP contribution in [0.4, 0.5) is 0 Å². The number of nitrogens with one attached hydrogen (secondary N) is 1. The van der Waals surface area contributed by atoms with Crippen molar-refractivity contribution in [3.05, 3.63) is 24.2 Å². The Balaban J connectivity index is 1.27. The highest BCUT2D eigenvalue weighted by Gasteiger charge is 2.62. The normalized spacial score (nSPS) is 45.5. The number of carbonyl (C=O) groups is 1. The summed E-state index contributed by atoms with van der Waals surface area (Å²) in [5.74, 6) is 3.72. The lowest BCUT2D eigenvalue weighted by Crippen LogP contribution is -2.58. The third-order valence-corrected chi connectivity index (χ3v) is 11.0. The van der Waals surface area contributed by atoms with Gasteiger partial charge in [-0.2, -0.15) is 0 Å². The molecule has 0 spiro atoms. The summed E-state index contributed by atoms with van der Waals surface area (Å²) in [7, 11) is 0. The Bertz CT molecular complexity index is 839. The Morgan fingerprint density at radius 3 is 2.64 bits per heavy atom. The molecular weight excluding hydrogens is 414 g/mol. The molecule has 1 unspecified atom stereocenters. The molecule has 1 aromatic rings. The molecule has 5 rings (SSSR count). The maximum absolute atomic E-state index is 12.7. The molecule has 10 atom stereocenters. The van der Waals surface area contributed by atoms with Crippen molar-refractivity contribution in [2.75, 3.05) is 0 Å². The average molecular weight is 458 g/mol. The fourth-order valence-electron chi connectivity index (χ4n) is 9.28. The van der Waals surface area contributed by atoms with Gasteiger partial charge in [0.15, 0.2) is 0 Å². The molecule has 4 saturated carbocycles. The summed E-state index contributed by atoms with van der Waals surface area (Å²) < 4.78 is 5.34. The molecule has 5 nitrogen and oxygen atoms in total. The van der Waals surface area contributed by atoms with Gasteiger partial charge in [0.25, 0.3) is 0 Å². The van der Waals surface area contributed by atoms with Crippen LogP contribution in [0.2, 0.25) is 0 Å². The number of carbonyl (C=O) groups excluding carboxylic acids is 1. The molecule has 1 aromatic heterocycles. The van der Waals surface area contributed by atoms with Crippen molar-refractivity contribution in [3.8, 4) is 0 Å². The smallest absolute Gasteiger partial charge is 0.220 e. The lowest BCUT2D eigenvalue weighted by atomic mass is 9.43. The molecule has 184 valence electrons. The second-order valence-electron chi connectivity index (χ2n) is 12.5. The van der Waals surface area contributed by atoms with Gasteiger partial charge in [-0.15, -0.1) is 0 Å². The van der Waals surface area contributed by atoms with Gasteiger partial charge in [-0.05, 0) is 110 Å². The van der Waals surface area contributed by atoms with Crippen molar-refractivity contribution in [1.82, 2.24) is 5.32 Å². The fraction of sp³-hybridized carbons (Fsp3) is 0.821. The van der Waals surface area contributed by atoms with Crippen LogP contribution in [0.5, 0.6) is 0 Å². The second-order valence-corrected chi connectivity index (χ2v) is 12.5. The third-order valence-electron chi connectivity index (χ3n) is 11.0. The first-order valence-corrected chi connectivity index (χ1v) is 13.4. The summed E-state index contributed by atoms with van der Waals surface area (Å²) in [4.78, 5) is 12.7. The van der Waals surface area contributed by atoms with Crippen LogP contribution in [0.3, 0.4) is 0 Å². The molecule has 4 fully saturated rings. The van der Waals surface area contributed by atoms with Crippen molar-refractivity contribution in [1.29, 1.82) is 0 Å². The van der Waals surface area contributed by atoms with Crippen LogP contribution in [-0.4, -0.2) is 28.3 Å². The number of aliphatic hydroxyl groups is 2. The minimum atomic E-state index is -0.242. The lowest BCUT2D eigenvalue weighted by Gasteiger charge is -2.62. The molecule has 0 saturated heterocycles. The summed E-state index contributed by atoms with van der Waals surface area (Å²) >= 11 is 0. The van der Waals surface area contributed by atoms with Crippen LogP contribution in [0.25, 0.3) is 0 Å². The number of fused-ring (bicyclic) bond motifs is 5. The SMILES string of the molecule is C[C@H](CC(=O)NCc1ccco1)C1CC[C@H]2[C@@H]3[C@H](O)C[C@@H]4C[C@H](O)CC[C@]4(C)[C@H]3CC[C@]12C. The number of hydrogen-bond donors (Lipinski definition) is 3. The molecule has 4 aliphatic rings. The molecule has 0 radical (unpaired) electrons. The summed E-state index contributed by atoms with van der Waals surface area (Å²) in [5, 5.41) is 24.7. The van der Waals surface area contributed by atoms with E-state index in [9.17, 15) is 15.0 Å². The first kappa shape index (κ1) is 23.4. The van der Waals surface area contributed by atoms with Crippen molar-refractivity contribution in [3.63, 3.8) is 0 Å². The van der Waals surface area contributed by atoms with Gasteiger partial charge >= 0.3 is 0 Å². The molecular formula is C28H43NO4. The second kappa shape index (κ2) is 8.71. The van der Waals surface area contributed by atoms with Gasteiger partial charge in [-0.1, -0.05) is 20.8 Å². The quantitative estimate of drug-likeness (QED) is 0.587. The van der Waals surface area contributed by atoms with Crippen LogP contribution in [-0.2, 0) is 11.3 Å².